The van der Waals surface area contributed by atoms with Gasteiger partial charge in [-0.2, -0.15) is 5.10 Å². The van der Waals surface area contributed by atoms with Gasteiger partial charge in [-0.3, -0.25) is 9.67 Å². The number of aliphatic hydroxyl groups is 1. The molecule has 3 N–H and O–H groups in total. The second-order valence-electron chi connectivity index (χ2n) is 6.74. The van der Waals surface area contributed by atoms with Crippen molar-refractivity contribution in [3.8, 4) is 0 Å². The number of ether oxygens (including phenoxy) is 1. The highest BCUT2D eigenvalue weighted by molar-refractivity contribution is 5.79. The first-order valence-corrected chi connectivity index (χ1v) is 9.21. The van der Waals surface area contributed by atoms with E-state index in [4.69, 9.17) is 4.74 Å². The third kappa shape index (κ3) is 9.45. The van der Waals surface area contributed by atoms with Crippen molar-refractivity contribution in [1.29, 1.82) is 0 Å². The summed E-state index contributed by atoms with van der Waals surface area (Å²) in [6, 6.07) is 2.09. The fourth-order valence-corrected chi connectivity index (χ4v) is 2.37. The fourth-order valence-electron chi connectivity index (χ4n) is 2.37. The van der Waals surface area contributed by atoms with E-state index in [-0.39, 0.29) is 0 Å². The zero-order chi connectivity index (χ0) is 18.7. The van der Waals surface area contributed by atoms with Crippen LogP contribution in [-0.2, 0) is 11.3 Å². The molecule has 0 spiro atoms. The molecule has 1 rings (SSSR count). The van der Waals surface area contributed by atoms with Gasteiger partial charge in [-0.05, 0) is 39.2 Å². The Morgan fingerprint density at radius 1 is 1.32 bits per heavy atom. The van der Waals surface area contributed by atoms with Gasteiger partial charge in [0.15, 0.2) is 5.96 Å². The van der Waals surface area contributed by atoms with Gasteiger partial charge in [-0.1, -0.05) is 13.8 Å². The Bertz CT molecular complexity index is 514. The molecule has 0 fully saturated rings. The van der Waals surface area contributed by atoms with Crippen molar-refractivity contribution in [2.75, 3.05) is 32.8 Å². The largest absolute Gasteiger partial charge is 0.389 e. The molecule has 7 heteroatoms. The molecule has 1 unspecified atom stereocenters. The van der Waals surface area contributed by atoms with Crippen molar-refractivity contribution in [3.05, 3.63) is 17.5 Å². The van der Waals surface area contributed by atoms with Crippen LogP contribution in [0.2, 0.25) is 0 Å². The lowest BCUT2D eigenvalue weighted by atomic mass is 10.2. The zero-order valence-corrected chi connectivity index (χ0v) is 16.4. The van der Waals surface area contributed by atoms with E-state index >= 15 is 0 Å². The summed E-state index contributed by atoms with van der Waals surface area (Å²) in [5.41, 5.74) is 2.23. The summed E-state index contributed by atoms with van der Waals surface area (Å²) in [5.74, 6) is 1.19. The van der Waals surface area contributed by atoms with E-state index in [1.54, 1.807) is 0 Å². The number of nitrogens with zero attached hydrogens (tertiary/aromatic N) is 3. The minimum absolute atomic E-state index is 0.318. The van der Waals surface area contributed by atoms with Crippen LogP contribution in [0.15, 0.2) is 11.1 Å². The molecule has 0 saturated heterocycles. The predicted molar refractivity (Wildman–Crippen MR) is 102 cm³/mol. The van der Waals surface area contributed by atoms with Crippen LogP contribution in [0.3, 0.4) is 0 Å². The lowest BCUT2D eigenvalue weighted by Crippen LogP contribution is -2.39. The Balaban J connectivity index is 2.31. The van der Waals surface area contributed by atoms with Crippen molar-refractivity contribution >= 4 is 5.96 Å². The Morgan fingerprint density at radius 3 is 2.68 bits per heavy atom. The molecule has 25 heavy (non-hydrogen) atoms. The maximum Gasteiger partial charge on any atom is 0.191 e. The second kappa shape index (κ2) is 11.9. The van der Waals surface area contributed by atoms with Crippen LogP contribution >= 0.6 is 0 Å². The average Bonchev–Trinajstić information content (AvgIpc) is 2.86. The number of hydrogen-bond donors (Lipinski definition) is 3. The third-order valence-corrected chi connectivity index (χ3v) is 3.51. The van der Waals surface area contributed by atoms with Gasteiger partial charge in [0, 0.05) is 31.9 Å². The molecular weight excluding hydrogens is 318 g/mol. The summed E-state index contributed by atoms with van der Waals surface area (Å²) in [7, 11) is 0. The molecule has 0 radical (unpaired) electrons. The molecule has 0 saturated carbocycles. The maximum atomic E-state index is 9.93. The summed E-state index contributed by atoms with van der Waals surface area (Å²) < 4.78 is 7.46. The Labute approximate surface area is 151 Å². The monoisotopic (exact) mass is 353 g/mol. The molecule has 0 aliphatic rings. The Hall–Kier alpha value is -1.60. The summed E-state index contributed by atoms with van der Waals surface area (Å²) in [4.78, 5) is 4.42. The van der Waals surface area contributed by atoms with Gasteiger partial charge in [-0.25, -0.2) is 0 Å². The molecule has 0 aromatic carbocycles. The Kier molecular flexibility index (Phi) is 10.2. The van der Waals surface area contributed by atoms with Gasteiger partial charge >= 0.3 is 0 Å². The second-order valence-corrected chi connectivity index (χ2v) is 6.74. The fraction of sp³-hybridized carbons (Fsp3) is 0.778. The molecule has 0 aliphatic carbocycles. The normalized spacial score (nSPS) is 13.3. The van der Waals surface area contributed by atoms with Crippen LogP contribution in [0.4, 0.5) is 0 Å². The summed E-state index contributed by atoms with van der Waals surface area (Å²) in [6.45, 7) is 14.0. The number of aliphatic imine (C=N–C) groups is 1. The highest BCUT2D eigenvalue weighted by Crippen LogP contribution is 2.02. The minimum atomic E-state index is -0.580. The molecule has 144 valence electrons. The van der Waals surface area contributed by atoms with Crippen LogP contribution in [0.5, 0.6) is 0 Å². The third-order valence-electron chi connectivity index (χ3n) is 3.51. The molecule has 1 aromatic rings. The van der Waals surface area contributed by atoms with Crippen LogP contribution in [-0.4, -0.2) is 59.8 Å². The number of guanidine groups is 1. The predicted octanol–water partition coefficient (Wildman–Crippen LogP) is 1.48. The Morgan fingerprint density at radius 2 is 2.08 bits per heavy atom. The van der Waals surface area contributed by atoms with Crippen LogP contribution in [0.1, 0.15) is 38.6 Å². The summed E-state index contributed by atoms with van der Waals surface area (Å²) in [5, 5.41) is 20.9. The minimum Gasteiger partial charge on any atom is -0.389 e. The molecule has 0 amide bonds. The first kappa shape index (κ1) is 21.4. The van der Waals surface area contributed by atoms with Crippen molar-refractivity contribution in [2.45, 2.75) is 53.7 Å². The van der Waals surface area contributed by atoms with E-state index in [0.29, 0.717) is 25.7 Å². The highest BCUT2D eigenvalue weighted by Gasteiger charge is 2.06. The lowest BCUT2D eigenvalue weighted by molar-refractivity contribution is 0.0301. The summed E-state index contributed by atoms with van der Waals surface area (Å²) >= 11 is 0. The van der Waals surface area contributed by atoms with Gasteiger partial charge < -0.3 is 20.5 Å². The van der Waals surface area contributed by atoms with E-state index in [0.717, 1.165) is 37.7 Å². The topological polar surface area (TPSA) is 83.7 Å². The molecule has 0 aliphatic heterocycles. The van der Waals surface area contributed by atoms with Crippen molar-refractivity contribution < 1.29 is 9.84 Å². The van der Waals surface area contributed by atoms with Crippen molar-refractivity contribution in [2.24, 2.45) is 10.9 Å². The van der Waals surface area contributed by atoms with Crippen LogP contribution in [0.25, 0.3) is 0 Å². The number of aromatic nitrogens is 2. The van der Waals surface area contributed by atoms with Crippen LogP contribution in [0, 0.1) is 19.8 Å². The highest BCUT2D eigenvalue weighted by atomic mass is 16.5. The maximum absolute atomic E-state index is 9.93. The van der Waals surface area contributed by atoms with Crippen molar-refractivity contribution in [3.63, 3.8) is 0 Å². The average molecular weight is 354 g/mol. The smallest absolute Gasteiger partial charge is 0.191 e. The quantitative estimate of drug-likeness (QED) is 0.319. The summed E-state index contributed by atoms with van der Waals surface area (Å²) in [6.07, 6.45) is 0.371. The van der Waals surface area contributed by atoms with Gasteiger partial charge in [0.05, 0.1) is 24.9 Å². The zero-order valence-electron chi connectivity index (χ0n) is 16.4. The van der Waals surface area contributed by atoms with Gasteiger partial charge in [0.2, 0.25) is 0 Å². The molecule has 7 nitrogen and oxygen atoms in total. The number of hydrogen-bond acceptors (Lipinski definition) is 4. The SMILES string of the molecule is CCNC(=NCC(O)COCC(C)C)NCCCn1nc(C)cc1C. The number of nitrogens with one attached hydrogen (secondary N) is 2. The first-order valence-electron chi connectivity index (χ1n) is 9.21. The number of rotatable bonds is 11. The number of aliphatic hydroxyl groups excluding tert-OH is 1. The van der Waals surface area contributed by atoms with E-state index in [1.807, 2.05) is 18.5 Å². The van der Waals surface area contributed by atoms with Gasteiger partial charge in [-0.15, -0.1) is 0 Å². The molecule has 0 bridgehead atoms. The van der Waals surface area contributed by atoms with E-state index in [1.165, 1.54) is 5.69 Å². The van der Waals surface area contributed by atoms with Gasteiger partial charge in [0.1, 0.15) is 0 Å². The van der Waals surface area contributed by atoms with Gasteiger partial charge in [0.25, 0.3) is 0 Å². The van der Waals surface area contributed by atoms with E-state index in [2.05, 4.69) is 47.6 Å². The number of aryl methyl sites for hydroxylation is 3. The molecular formula is C18H35N5O2. The molecule has 1 heterocycles. The first-order chi connectivity index (χ1) is 11.9. The molecule has 1 atom stereocenters. The van der Waals surface area contributed by atoms with Crippen LogP contribution < -0.4 is 10.6 Å². The van der Waals surface area contributed by atoms with E-state index < -0.39 is 6.10 Å². The van der Waals surface area contributed by atoms with Crippen molar-refractivity contribution in [1.82, 2.24) is 20.4 Å². The lowest BCUT2D eigenvalue weighted by Gasteiger charge is -2.14. The molecule has 1 aromatic heterocycles. The standard InChI is InChI=1S/C18H35N5O2/c1-6-19-18(21-11-17(24)13-25-12-14(2)3)20-8-7-9-23-16(5)10-15(4)22-23/h10,14,17,24H,6-9,11-13H2,1-5H3,(H2,19,20,21). The van der Waals surface area contributed by atoms with E-state index in [9.17, 15) is 5.11 Å².